The van der Waals surface area contributed by atoms with Gasteiger partial charge in [0.1, 0.15) is 5.60 Å². The van der Waals surface area contributed by atoms with Gasteiger partial charge >= 0.3 is 0 Å². The molecule has 2 aliphatic rings. The molecule has 0 amide bonds. The molecule has 10 heavy (non-hydrogen) atoms. The topological polar surface area (TPSA) is 26.3 Å². The van der Waals surface area contributed by atoms with E-state index in [4.69, 9.17) is 4.74 Å². The first-order chi connectivity index (χ1) is 4.83. The molecule has 1 aliphatic carbocycles. The molecule has 2 rings (SSSR count). The molecule has 1 atom stereocenters. The Morgan fingerprint density at radius 1 is 1.60 bits per heavy atom. The third-order valence-corrected chi connectivity index (χ3v) is 2.27. The van der Waals surface area contributed by atoms with Gasteiger partial charge in [-0.3, -0.25) is 4.79 Å². The minimum atomic E-state index is -0.403. The van der Waals surface area contributed by atoms with E-state index in [9.17, 15) is 4.79 Å². The van der Waals surface area contributed by atoms with Gasteiger partial charge in [-0.2, -0.15) is 0 Å². The molecule has 1 fully saturated rings. The summed E-state index contributed by atoms with van der Waals surface area (Å²) in [5.74, 6) is 0.171. The maximum absolute atomic E-state index is 11.2. The van der Waals surface area contributed by atoms with Gasteiger partial charge in [0.2, 0.25) is 0 Å². The highest BCUT2D eigenvalue weighted by atomic mass is 16.5. The van der Waals surface area contributed by atoms with Crippen LogP contribution in [-0.2, 0) is 9.53 Å². The summed E-state index contributed by atoms with van der Waals surface area (Å²) >= 11 is 0. The van der Waals surface area contributed by atoms with E-state index in [-0.39, 0.29) is 5.78 Å². The second-order valence-electron chi connectivity index (χ2n) is 2.92. The Kier molecular flexibility index (Phi) is 1.17. The molecule has 2 nitrogen and oxygen atoms in total. The lowest BCUT2D eigenvalue weighted by atomic mass is 9.97. The summed E-state index contributed by atoms with van der Waals surface area (Å²) in [6, 6.07) is 0. The number of carbonyl (C=O) groups excluding carboxylic acids is 1. The predicted molar refractivity (Wildman–Crippen MR) is 36.7 cm³/mol. The molecule has 0 aromatic carbocycles. The number of rotatable bonds is 0. The second kappa shape index (κ2) is 1.92. The Morgan fingerprint density at radius 3 is 3.00 bits per heavy atom. The van der Waals surface area contributed by atoms with Crippen molar-refractivity contribution in [1.29, 1.82) is 0 Å². The van der Waals surface area contributed by atoms with Crippen molar-refractivity contribution < 1.29 is 9.53 Å². The molecule has 0 radical (unpaired) electrons. The fourth-order valence-corrected chi connectivity index (χ4v) is 1.66. The monoisotopic (exact) mass is 138 g/mol. The van der Waals surface area contributed by atoms with E-state index in [0.29, 0.717) is 0 Å². The smallest absolute Gasteiger partial charge is 0.187 e. The van der Waals surface area contributed by atoms with Crippen LogP contribution >= 0.6 is 0 Å². The van der Waals surface area contributed by atoms with Crippen molar-refractivity contribution in [1.82, 2.24) is 0 Å². The van der Waals surface area contributed by atoms with Crippen molar-refractivity contribution in [2.24, 2.45) is 0 Å². The first-order valence-electron chi connectivity index (χ1n) is 3.68. The zero-order valence-electron chi connectivity index (χ0n) is 5.80. The molecule has 1 heterocycles. The largest absolute Gasteiger partial charge is 0.367 e. The number of carbonyl (C=O) groups is 1. The van der Waals surface area contributed by atoms with Crippen LogP contribution in [0.1, 0.15) is 19.3 Å². The molecule has 0 unspecified atom stereocenters. The molecular weight excluding hydrogens is 128 g/mol. The van der Waals surface area contributed by atoms with Crippen LogP contribution < -0.4 is 0 Å². The van der Waals surface area contributed by atoms with E-state index in [1.807, 2.05) is 6.08 Å². The van der Waals surface area contributed by atoms with Crippen LogP contribution in [0.3, 0.4) is 0 Å². The summed E-state index contributed by atoms with van der Waals surface area (Å²) in [4.78, 5) is 11.2. The van der Waals surface area contributed by atoms with Gasteiger partial charge in [-0.25, -0.2) is 0 Å². The highest BCUT2D eigenvalue weighted by Gasteiger charge is 2.42. The summed E-state index contributed by atoms with van der Waals surface area (Å²) in [6.07, 6.45) is 6.30. The molecule has 1 aliphatic heterocycles. The van der Waals surface area contributed by atoms with Crippen molar-refractivity contribution in [3.05, 3.63) is 12.2 Å². The normalized spacial score (nSPS) is 38.2. The van der Waals surface area contributed by atoms with E-state index in [2.05, 4.69) is 0 Å². The molecule has 1 saturated heterocycles. The first kappa shape index (κ1) is 6.10. The SMILES string of the molecule is O=C1C=CC[C@]12CCCO2. The average molecular weight is 138 g/mol. The van der Waals surface area contributed by atoms with Crippen molar-refractivity contribution in [2.75, 3.05) is 6.61 Å². The van der Waals surface area contributed by atoms with E-state index in [0.717, 1.165) is 25.9 Å². The van der Waals surface area contributed by atoms with E-state index >= 15 is 0 Å². The van der Waals surface area contributed by atoms with Gasteiger partial charge in [0.15, 0.2) is 5.78 Å². The van der Waals surface area contributed by atoms with Gasteiger partial charge in [-0.1, -0.05) is 6.08 Å². The number of hydrogen-bond acceptors (Lipinski definition) is 2. The van der Waals surface area contributed by atoms with Crippen molar-refractivity contribution >= 4 is 5.78 Å². The summed E-state index contributed by atoms with van der Waals surface area (Å²) in [5.41, 5.74) is -0.403. The Balaban J connectivity index is 2.23. The maximum Gasteiger partial charge on any atom is 0.187 e. The second-order valence-corrected chi connectivity index (χ2v) is 2.92. The lowest BCUT2D eigenvalue weighted by molar-refractivity contribution is -0.131. The van der Waals surface area contributed by atoms with Gasteiger partial charge in [0.05, 0.1) is 0 Å². The summed E-state index contributed by atoms with van der Waals surface area (Å²) in [6.45, 7) is 0.757. The van der Waals surface area contributed by atoms with Gasteiger partial charge in [0, 0.05) is 13.0 Å². The highest BCUT2D eigenvalue weighted by Crippen LogP contribution is 2.34. The summed E-state index contributed by atoms with van der Waals surface area (Å²) < 4.78 is 5.40. The van der Waals surface area contributed by atoms with Crippen LogP contribution in [0.5, 0.6) is 0 Å². The maximum atomic E-state index is 11.2. The molecule has 2 heteroatoms. The zero-order chi connectivity index (χ0) is 7.03. The molecule has 0 saturated carbocycles. The van der Waals surface area contributed by atoms with Crippen LogP contribution in [0.4, 0.5) is 0 Å². The third kappa shape index (κ3) is 0.655. The van der Waals surface area contributed by atoms with Crippen LogP contribution in [0.2, 0.25) is 0 Å². The molecule has 0 aromatic rings. The Bertz CT molecular complexity index is 187. The molecular formula is C8H10O2. The Hall–Kier alpha value is -0.630. The lowest BCUT2D eigenvalue weighted by Gasteiger charge is -2.18. The van der Waals surface area contributed by atoms with Crippen molar-refractivity contribution in [2.45, 2.75) is 24.9 Å². The summed E-state index contributed by atoms with van der Waals surface area (Å²) in [5, 5.41) is 0. The Labute approximate surface area is 59.9 Å². The number of ether oxygens (including phenoxy) is 1. The van der Waals surface area contributed by atoms with Crippen LogP contribution in [0.25, 0.3) is 0 Å². The molecule has 0 bridgehead atoms. The number of hydrogen-bond donors (Lipinski definition) is 0. The minimum absolute atomic E-state index is 0.171. The van der Waals surface area contributed by atoms with Crippen LogP contribution in [-0.4, -0.2) is 18.0 Å². The van der Waals surface area contributed by atoms with E-state index in [1.165, 1.54) is 0 Å². The third-order valence-electron chi connectivity index (χ3n) is 2.27. The zero-order valence-corrected chi connectivity index (χ0v) is 5.80. The standard InChI is InChI=1S/C8H10O2/c9-7-3-1-4-8(7)5-2-6-10-8/h1,3H,2,4-6H2/t8-/m0/s1. The molecule has 0 aromatic heterocycles. The van der Waals surface area contributed by atoms with Gasteiger partial charge < -0.3 is 4.74 Å². The lowest BCUT2D eigenvalue weighted by Crippen LogP contribution is -2.32. The van der Waals surface area contributed by atoms with Gasteiger partial charge in [-0.05, 0) is 18.9 Å². The van der Waals surface area contributed by atoms with Crippen molar-refractivity contribution in [3.63, 3.8) is 0 Å². The summed E-state index contributed by atoms with van der Waals surface area (Å²) in [7, 11) is 0. The fourth-order valence-electron chi connectivity index (χ4n) is 1.66. The van der Waals surface area contributed by atoms with Crippen LogP contribution in [0, 0.1) is 0 Å². The molecule has 54 valence electrons. The van der Waals surface area contributed by atoms with E-state index < -0.39 is 5.60 Å². The predicted octanol–water partition coefficient (Wildman–Crippen LogP) is 1.06. The number of ketones is 1. The van der Waals surface area contributed by atoms with Crippen LogP contribution in [0.15, 0.2) is 12.2 Å². The van der Waals surface area contributed by atoms with Gasteiger partial charge in [-0.15, -0.1) is 0 Å². The highest BCUT2D eigenvalue weighted by molar-refractivity contribution is 5.99. The van der Waals surface area contributed by atoms with Gasteiger partial charge in [0.25, 0.3) is 0 Å². The minimum Gasteiger partial charge on any atom is -0.367 e. The Morgan fingerprint density at radius 2 is 2.50 bits per heavy atom. The quantitative estimate of drug-likeness (QED) is 0.500. The average Bonchev–Trinajstić information content (AvgIpc) is 2.48. The van der Waals surface area contributed by atoms with E-state index in [1.54, 1.807) is 6.08 Å². The molecule has 1 spiro atoms. The fraction of sp³-hybridized carbons (Fsp3) is 0.625. The molecule has 0 N–H and O–H groups in total. The van der Waals surface area contributed by atoms with Crippen molar-refractivity contribution in [3.8, 4) is 0 Å². The first-order valence-corrected chi connectivity index (χ1v) is 3.68.